The summed E-state index contributed by atoms with van der Waals surface area (Å²) in [6.45, 7) is 0. The van der Waals surface area contributed by atoms with E-state index in [0.29, 0.717) is 0 Å². The third-order valence-electron chi connectivity index (χ3n) is 3.56. The minimum absolute atomic E-state index is 0.154. The van der Waals surface area contributed by atoms with Gasteiger partial charge in [-0.1, -0.05) is 24.3 Å². The number of hydrogen-bond acceptors (Lipinski definition) is 5. The van der Waals surface area contributed by atoms with Crippen LogP contribution < -0.4 is 0 Å². The predicted molar refractivity (Wildman–Crippen MR) is 86.5 cm³/mol. The predicted octanol–water partition coefficient (Wildman–Crippen LogP) is 2.04. The maximum atomic E-state index is 12.5. The van der Waals surface area contributed by atoms with Crippen LogP contribution in [0.25, 0.3) is 0 Å². The van der Waals surface area contributed by atoms with Gasteiger partial charge in [0.05, 0.1) is 11.1 Å². The lowest BCUT2D eigenvalue weighted by molar-refractivity contribution is 0.0686. The van der Waals surface area contributed by atoms with E-state index in [2.05, 4.69) is 0 Å². The maximum Gasteiger partial charge on any atom is 0.335 e. The Kier molecular flexibility index (Phi) is 5.39. The monoisotopic (exact) mass is 366 g/mol. The van der Waals surface area contributed by atoms with Crippen molar-refractivity contribution in [2.24, 2.45) is 0 Å². The molecule has 8 nitrogen and oxygen atoms in total. The lowest BCUT2D eigenvalue weighted by Crippen LogP contribution is -2.09. The van der Waals surface area contributed by atoms with Crippen LogP contribution in [0, 0.1) is 0 Å². The molecule has 2 atom stereocenters. The molecule has 0 aromatic heterocycles. The number of carbonyl (C=O) groups is 2. The molecule has 2 rings (SSSR count). The molecule has 0 fully saturated rings. The molecule has 2 aromatic rings. The Morgan fingerprint density at radius 3 is 1.48 bits per heavy atom. The highest BCUT2D eigenvalue weighted by Gasteiger charge is 2.39. The number of rotatable bonds is 6. The molecule has 5 N–H and O–H groups in total. The van der Waals surface area contributed by atoms with Gasteiger partial charge in [0.1, 0.15) is 0 Å². The zero-order valence-electron chi connectivity index (χ0n) is 12.7. The van der Waals surface area contributed by atoms with Crippen LogP contribution in [0.3, 0.4) is 0 Å². The molecule has 2 unspecified atom stereocenters. The van der Waals surface area contributed by atoms with Crippen molar-refractivity contribution in [2.75, 3.05) is 0 Å². The lowest BCUT2D eigenvalue weighted by Gasteiger charge is -2.24. The fraction of sp³-hybridized carbons (Fsp3) is 0.125. The third-order valence-corrected chi connectivity index (χ3v) is 5.56. The molecular weight excluding hydrogens is 351 g/mol. The second-order valence-corrected chi connectivity index (χ2v) is 7.60. The molecule has 9 heteroatoms. The smallest absolute Gasteiger partial charge is 0.335 e. The van der Waals surface area contributed by atoms with Gasteiger partial charge in [0, 0.05) is 0 Å². The molecule has 2 aromatic carbocycles. The minimum Gasteiger partial charge on any atom is -0.478 e. The van der Waals surface area contributed by atoms with Gasteiger partial charge in [0.2, 0.25) is 0 Å². The second-order valence-electron chi connectivity index (χ2n) is 5.28. The van der Waals surface area contributed by atoms with Gasteiger partial charge in [-0.25, -0.2) is 9.59 Å². The van der Waals surface area contributed by atoms with Crippen molar-refractivity contribution in [3.05, 3.63) is 70.8 Å². The SMILES string of the molecule is O=C(O)c1cccc(C(O)P(=O)(O)C(O)c2cccc(C(=O)O)c2)c1. The van der Waals surface area contributed by atoms with Gasteiger partial charge >= 0.3 is 11.9 Å². The van der Waals surface area contributed by atoms with Crippen LogP contribution in [0.15, 0.2) is 48.5 Å². The topological polar surface area (TPSA) is 152 Å². The Morgan fingerprint density at radius 2 is 1.16 bits per heavy atom. The number of carboxylic acid groups (broad SMARTS) is 2. The van der Waals surface area contributed by atoms with Gasteiger partial charge in [-0.2, -0.15) is 0 Å². The van der Waals surface area contributed by atoms with Crippen LogP contribution in [0.4, 0.5) is 0 Å². The van der Waals surface area contributed by atoms with Crippen molar-refractivity contribution in [1.82, 2.24) is 0 Å². The number of hydrogen-bond donors (Lipinski definition) is 5. The number of benzene rings is 2. The van der Waals surface area contributed by atoms with Gasteiger partial charge in [-0.3, -0.25) is 4.57 Å². The van der Waals surface area contributed by atoms with E-state index in [1.807, 2.05) is 0 Å². The van der Waals surface area contributed by atoms with E-state index in [9.17, 15) is 29.3 Å². The molecule has 0 saturated heterocycles. The summed E-state index contributed by atoms with van der Waals surface area (Å²) in [5.74, 6) is -6.65. The molecule has 0 amide bonds. The molecule has 0 spiro atoms. The Hall–Kier alpha value is -2.51. The summed E-state index contributed by atoms with van der Waals surface area (Å²) in [7, 11) is -4.69. The lowest BCUT2D eigenvalue weighted by atomic mass is 10.1. The zero-order chi connectivity index (χ0) is 18.8. The van der Waals surface area contributed by atoms with Crippen LogP contribution in [0.1, 0.15) is 43.5 Å². The number of carboxylic acids is 2. The highest BCUT2D eigenvalue weighted by Crippen LogP contribution is 2.63. The molecule has 0 aliphatic heterocycles. The molecule has 0 bridgehead atoms. The highest BCUT2D eigenvalue weighted by molar-refractivity contribution is 7.58. The largest absolute Gasteiger partial charge is 0.478 e. The molecule has 25 heavy (non-hydrogen) atoms. The normalized spacial score (nSPS) is 15.8. The van der Waals surface area contributed by atoms with Crippen LogP contribution in [0.5, 0.6) is 0 Å². The molecule has 0 aliphatic rings. The fourth-order valence-electron chi connectivity index (χ4n) is 2.23. The summed E-state index contributed by atoms with van der Waals surface area (Å²) in [5.41, 5.74) is -0.698. The maximum absolute atomic E-state index is 12.5. The quantitative estimate of drug-likeness (QED) is 0.487. The van der Waals surface area contributed by atoms with Gasteiger partial charge < -0.3 is 25.3 Å². The first-order valence-corrected chi connectivity index (χ1v) is 8.79. The Labute approximate surface area is 142 Å². The van der Waals surface area contributed by atoms with E-state index >= 15 is 0 Å². The van der Waals surface area contributed by atoms with E-state index < -0.39 is 31.0 Å². The van der Waals surface area contributed by atoms with Gasteiger partial charge in [-0.05, 0) is 35.4 Å². The molecule has 0 heterocycles. The van der Waals surface area contributed by atoms with Crippen molar-refractivity contribution >= 4 is 19.3 Å². The van der Waals surface area contributed by atoms with Crippen molar-refractivity contribution in [3.63, 3.8) is 0 Å². The molecule has 132 valence electrons. The van der Waals surface area contributed by atoms with Gasteiger partial charge in [0.25, 0.3) is 7.37 Å². The van der Waals surface area contributed by atoms with Crippen LogP contribution in [-0.4, -0.2) is 37.3 Å². The van der Waals surface area contributed by atoms with Crippen LogP contribution >= 0.6 is 7.37 Å². The average Bonchev–Trinajstić information content (AvgIpc) is 2.60. The Morgan fingerprint density at radius 1 is 0.800 bits per heavy atom. The molecular formula is C16H15O8P. The van der Waals surface area contributed by atoms with Gasteiger partial charge in [-0.15, -0.1) is 0 Å². The zero-order valence-corrected chi connectivity index (χ0v) is 13.6. The van der Waals surface area contributed by atoms with E-state index in [-0.39, 0.29) is 22.3 Å². The summed E-state index contributed by atoms with van der Waals surface area (Å²) < 4.78 is 12.5. The van der Waals surface area contributed by atoms with E-state index in [0.717, 1.165) is 12.1 Å². The first-order chi connectivity index (χ1) is 11.6. The van der Waals surface area contributed by atoms with E-state index in [1.165, 1.54) is 36.4 Å². The van der Waals surface area contributed by atoms with Crippen molar-refractivity contribution < 1.29 is 39.5 Å². The standard InChI is InChI=1S/C16H15O8P/c17-13(18)9-3-1-5-11(7-9)15(21)25(23,24)16(22)12-6-2-4-10(8-12)14(19)20/h1-8,15-16,21-22H,(H,17,18)(H,19,20)(H,23,24). The Balaban J connectivity index is 2.38. The van der Waals surface area contributed by atoms with Crippen molar-refractivity contribution in [2.45, 2.75) is 11.7 Å². The van der Waals surface area contributed by atoms with Gasteiger partial charge in [0.15, 0.2) is 11.7 Å². The van der Waals surface area contributed by atoms with Crippen molar-refractivity contribution in [3.8, 4) is 0 Å². The Bertz CT molecular complexity index is 795. The summed E-state index contributed by atoms with van der Waals surface area (Å²) >= 11 is 0. The van der Waals surface area contributed by atoms with Crippen molar-refractivity contribution in [1.29, 1.82) is 0 Å². The summed E-state index contributed by atoms with van der Waals surface area (Å²) in [6, 6.07) is 9.62. The third kappa shape index (κ3) is 3.94. The number of aliphatic hydroxyl groups is 2. The molecule has 0 radical (unpaired) electrons. The summed E-state index contributed by atoms with van der Waals surface area (Å²) in [4.78, 5) is 32.1. The van der Waals surface area contributed by atoms with E-state index in [4.69, 9.17) is 10.2 Å². The van der Waals surface area contributed by atoms with E-state index in [1.54, 1.807) is 0 Å². The summed E-state index contributed by atoms with van der Waals surface area (Å²) in [5, 5.41) is 38.3. The van der Waals surface area contributed by atoms with Crippen LogP contribution in [0.2, 0.25) is 0 Å². The number of aromatic carboxylic acids is 2. The number of aliphatic hydroxyl groups excluding tert-OH is 2. The molecule has 0 aliphatic carbocycles. The first-order valence-electron chi connectivity index (χ1n) is 6.99. The minimum atomic E-state index is -4.69. The summed E-state index contributed by atoms with van der Waals surface area (Å²) in [6.07, 6.45) is 0. The molecule has 0 saturated carbocycles. The van der Waals surface area contributed by atoms with Crippen LogP contribution in [-0.2, 0) is 4.57 Å². The fourth-order valence-corrected chi connectivity index (χ4v) is 3.67. The average molecular weight is 366 g/mol. The highest BCUT2D eigenvalue weighted by atomic mass is 31.2. The first kappa shape index (κ1) is 18.8. The second kappa shape index (κ2) is 7.16.